The minimum atomic E-state index is 0.105. The Labute approximate surface area is 137 Å². The standard InChI is InChI=1S/C17H22N4S/c1-3-4-10-21-16(13-8-11-20(2)12-13)15(19-17(21)22)14-7-5-6-9-18-14/h5-9,11-12,15-16H,3-4,10H2,1-2H3,(H,19,22). The number of hydrogen-bond donors (Lipinski definition) is 1. The number of nitrogens with one attached hydrogen (secondary N) is 1. The number of unbranched alkanes of at least 4 members (excludes halogenated alkanes) is 1. The van der Waals surface area contributed by atoms with E-state index in [0.29, 0.717) is 0 Å². The van der Waals surface area contributed by atoms with Crippen molar-refractivity contribution in [2.45, 2.75) is 31.8 Å². The molecule has 0 radical (unpaired) electrons. The lowest BCUT2D eigenvalue weighted by Crippen LogP contribution is -2.30. The molecule has 0 aliphatic carbocycles. The summed E-state index contributed by atoms with van der Waals surface area (Å²) >= 11 is 5.59. The highest BCUT2D eigenvalue weighted by molar-refractivity contribution is 7.80. The van der Waals surface area contributed by atoms with Crippen molar-refractivity contribution in [3.8, 4) is 0 Å². The molecule has 2 aromatic rings. The van der Waals surface area contributed by atoms with Gasteiger partial charge in [-0.05, 0) is 42.4 Å². The third-order valence-electron chi connectivity index (χ3n) is 4.15. The Balaban J connectivity index is 1.96. The van der Waals surface area contributed by atoms with Crippen LogP contribution in [0, 0.1) is 0 Å². The molecule has 1 aliphatic rings. The number of aromatic nitrogens is 2. The Morgan fingerprint density at radius 2 is 2.18 bits per heavy atom. The summed E-state index contributed by atoms with van der Waals surface area (Å²) in [5.41, 5.74) is 2.32. The summed E-state index contributed by atoms with van der Waals surface area (Å²) in [6, 6.07) is 8.53. The molecule has 3 heterocycles. The van der Waals surface area contributed by atoms with Gasteiger partial charge in [0.25, 0.3) is 0 Å². The van der Waals surface area contributed by atoms with E-state index in [4.69, 9.17) is 12.2 Å². The first kappa shape index (κ1) is 15.0. The molecule has 5 heteroatoms. The van der Waals surface area contributed by atoms with Crippen LogP contribution in [0.2, 0.25) is 0 Å². The van der Waals surface area contributed by atoms with E-state index in [1.54, 1.807) is 0 Å². The van der Waals surface area contributed by atoms with Crippen LogP contribution < -0.4 is 5.32 Å². The monoisotopic (exact) mass is 314 g/mol. The zero-order chi connectivity index (χ0) is 15.5. The number of nitrogens with zero attached hydrogens (tertiary/aromatic N) is 3. The van der Waals surface area contributed by atoms with E-state index in [1.807, 2.05) is 18.3 Å². The van der Waals surface area contributed by atoms with Crippen molar-refractivity contribution in [3.63, 3.8) is 0 Å². The van der Waals surface area contributed by atoms with Crippen LogP contribution in [0.1, 0.15) is 43.1 Å². The summed E-state index contributed by atoms with van der Waals surface area (Å²) in [5, 5.41) is 4.30. The van der Waals surface area contributed by atoms with Crippen LogP contribution in [0.3, 0.4) is 0 Å². The molecule has 1 aliphatic heterocycles. The fraction of sp³-hybridized carbons (Fsp3) is 0.412. The van der Waals surface area contributed by atoms with Gasteiger partial charge >= 0.3 is 0 Å². The van der Waals surface area contributed by atoms with Crippen molar-refractivity contribution in [1.82, 2.24) is 19.8 Å². The van der Waals surface area contributed by atoms with Crippen LogP contribution in [0.5, 0.6) is 0 Å². The predicted octanol–water partition coefficient (Wildman–Crippen LogP) is 3.19. The molecule has 0 amide bonds. The Morgan fingerprint density at radius 1 is 1.32 bits per heavy atom. The second kappa shape index (κ2) is 6.48. The topological polar surface area (TPSA) is 33.1 Å². The Kier molecular flexibility index (Phi) is 4.43. The number of hydrogen-bond acceptors (Lipinski definition) is 2. The number of thiocarbonyl (C=S) groups is 1. The summed E-state index contributed by atoms with van der Waals surface area (Å²) in [6.07, 6.45) is 8.41. The van der Waals surface area contributed by atoms with Gasteiger partial charge in [0.05, 0.1) is 17.8 Å². The lowest BCUT2D eigenvalue weighted by atomic mass is 9.99. The minimum absolute atomic E-state index is 0.105. The van der Waals surface area contributed by atoms with E-state index < -0.39 is 0 Å². The predicted molar refractivity (Wildman–Crippen MR) is 92.5 cm³/mol. The van der Waals surface area contributed by atoms with Gasteiger partial charge in [-0.2, -0.15) is 0 Å². The molecule has 0 aromatic carbocycles. The Morgan fingerprint density at radius 3 is 2.82 bits per heavy atom. The second-order valence-electron chi connectivity index (χ2n) is 5.78. The van der Waals surface area contributed by atoms with E-state index in [-0.39, 0.29) is 12.1 Å². The largest absolute Gasteiger partial charge is 0.357 e. The van der Waals surface area contributed by atoms with Gasteiger partial charge in [-0.3, -0.25) is 4.98 Å². The van der Waals surface area contributed by atoms with Crippen LogP contribution in [0.25, 0.3) is 0 Å². The van der Waals surface area contributed by atoms with E-state index in [1.165, 1.54) is 5.56 Å². The lowest BCUT2D eigenvalue weighted by Gasteiger charge is -2.27. The third-order valence-corrected chi connectivity index (χ3v) is 4.50. The van der Waals surface area contributed by atoms with Crippen LogP contribution >= 0.6 is 12.2 Å². The summed E-state index contributed by atoms with van der Waals surface area (Å²) < 4.78 is 2.09. The van der Waals surface area contributed by atoms with E-state index >= 15 is 0 Å². The molecule has 0 saturated carbocycles. The minimum Gasteiger partial charge on any atom is -0.357 e. The van der Waals surface area contributed by atoms with Crippen LogP contribution in [-0.2, 0) is 7.05 Å². The normalized spacial score (nSPS) is 21.2. The fourth-order valence-electron chi connectivity index (χ4n) is 3.04. The van der Waals surface area contributed by atoms with E-state index in [2.05, 4.69) is 58.3 Å². The van der Waals surface area contributed by atoms with Gasteiger partial charge < -0.3 is 14.8 Å². The maximum atomic E-state index is 5.59. The highest BCUT2D eigenvalue weighted by Crippen LogP contribution is 2.38. The van der Waals surface area contributed by atoms with E-state index in [9.17, 15) is 0 Å². The smallest absolute Gasteiger partial charge is 0.170 e. The average molecular weight is 314 g/mol. The highest BCUT2D eigenvalue weighted by atomic mass is 32.1. The first-order chi connectivity index (χ1) is 10.7. The van der Waals surface area contributed by atoms with Crippen molar-refractivity contribution in [1.29, 1.82) is 0 Å². The summed E-state index contributed by atoms with van der Waals surface area (Å²) in [5.74, 6) is 0. The molecule has 2 atom stereocenters. The summed E-state index contributed by atoms with van der Waals surface area (Å²) in [4.78, 5) is 6.85. The number of aryl methyl sites for hydroxylation is 1. The quantitative estimate of drug-likeness (QED) is 0.859. The molecule has 4 nitrogen and oxygen atoms in total. The van der Waals surface area contributed by atoms with E-state index in [0.717, 1.165) is 30.2 Å². The molecular weight excluding hydrogens is 292 g/mol. The van der Waals surface area contributed by atoms with Gasteiger partial charge in [-0.15, -0.1) is 0 Å². The number of pyridine rings is 1. The molecule has 1 saturated heterocycles. The molecule has 2 aromatic heterocycles. The highest BCUT2D eigenvalue weighted by Gasteiger charge is 2.39. The van der Waals surface area contributed by atoms with Crippen molar-refractivity contribution in [3.05, 3.63) is 54.1 Å². The molecular formula is C17H22N4S. The molecule has 3 rings (SSSR count). The summed E-state index contributed by atoms with van der Waals surface area (Å²) in [6.45, 7) is 3.19. The van der Waals surface area contributed by atoms with Crippen molar-refractivity contribution in [2.24, 2.45) is 7.05 Å². The SMILES string of the molecule is CCCCN1C(=S)NC(c2ccccn2)C1c1ccn(C)c1. The molecule has 1 fully saturated rings. The lowest BCUT2D eigenvalue weighted by molar-refractivity contribution is 0.313. The second-order valence-corrected chi connectivity index (χ2v) is 6.17. The number of rotatable bonds is 5. The Bertz CT molecular complexity index is 637. The van der Waals surface area contributed by atoms with Gasteiger partial charge in [0.1, 0.15) is 0 Å². The van der Waals surface area contributed by atoms with Gasteiger partial charge in [0, 0.05) is 32.2 Å². The molecule has 116 valence electrons. The summed E-state index contributed by atoms with van der Waals surface area (Å²) in [7, 11) is 2.05. The van der Waals surface area contributed by atoms with Crippen LogP contribution in [0.4, 0.5) is 0 Å². The zero-order valence-corrected chi connectivity index (χ0v) is 13.9. The Hall–Kier alpha value is -1.88. The van der Waals surface area contributed by atoms with Gasteiger partial charge in [-0.25, -0.2) is 0 Å². The third kappa shape index (κ3) is 2.86. The maximum absolute atomic E-state index is 5.59. The van der Waals surface area contributed by atoms with Crippen LogP contribution in [0.15, 0.2) is 42.9 Å². The van der Waals surface area contributed by atoms with Gasteiger partial charge in [0.2, 0.25) is 0 Å². The van der Waals surface area contributed by atoms with Crippen molar-refractivity contribution in [2.75, 3.05) is 6.54 Å². The molecule has 0 bridgehead atoms. The van der Waals surface area contributed by atoms with Crippen molar-refractivity contribution < 1.29 is 0 Å². The zero-order valence-electron chi connectivity index (χ0n) is 13.1. The van der Waals surface area contributed by atoms with Crippen LogP contribution in [-0.4, -0.2) is 26.1 Å². The molecule has 1 N–H and O–H groups in total. The fourth-order valence-corrected chi connectivity index (χ4v) is 3.37. The average Bonchev–Trinajstić information content (AvgIpc) is 3.09. The first-order valence-corrected chi connectivity index (χ1v) is 8.21. The van der Waals surface area contributed by atoms with Crippen molar-refractivity contribution >= 4 is 17.3 Å². The molecule has 0 spiro atoms. The van der Waals surface area contributed by atoms with Gasteiger partial charge in [0.15, 0.2) is 5.11 Å². The molecule has 22 heavy (non-hydrogen) atoms. The maximum Gasteiger partial charge on any atom is 0.170 e. The first-order valence-electron chi connectivity index (χ1n) is 7.80. The van der Waals surface area contributed by atoms with Gasteiger partial charge in [-0.1, -0.05) is 19.4 Å². The molecule has 2 unspecified atom stereocenters.